The van der Waals surface area contributed by atoms with E-state index in [0.29, 0.717) is 19.6 Å². The molecular weight excluding hydrogens is 248 g/mol. The molecule has 1 heterocycles. The number of aliphatic carboxylic acids is 1. The monoisotopic (exact) mass is 272 g/mol. The zero-order chi connectivity index (χ0) is 14.5. The third kappa shape index (κ3) is 4.80. The van der Waals surface area contributed by atoms with Gasteiger partial charge in [0.2, 0.25) is 5.91 Å². The van der Waals surface area contributed by atoms with E-state index in [1.807, 2.05) is 11.8 Å². The first kappa shape index (κ1) is 15.9. The molecule has 1 aliphatic heterocycles. The van der Waals surface area contributed by atoms with Crippen LogP contribution in [-0.4, -0.2) is 61.3 Å². The molecule has 2 atom stereocenters. The van der Waals surface area contributed by atoms with Gasteiger partial charge in [0.1, 0.15) is 0 Å². The number of piperidine rings is 1. The van der Waals surface area contributed by atoms with E-state index >= 15 is 0 Å². The van der Waals surface area contributed by atoms with Crippen LogP contribution in [0.1, 0.15) is 26.7 Å². The molecule has 6 nitrogen and oxygen atoms in total. The quantitative estimate of drug-likeness (QED) is 0.728. The molecule has 1 aliphatic rings. The zero-order valence-electron chi connectivity index (χ0n) is 11.9. The average Bonchev–Trinajstić information content (AvgIpc) is 2.28. The van der Waals surface area contributed by atoms with Crippen LogP contribution in [0.5, 0.6) is 0 Å². The number of likely N-dealkylation sites (tertiary alicyclic amines) is 1. The molecule has 2 N–H and O–H groups in total. The second kappa shape index (κ2) is 6.86. The predicted octanol–water partition coefficient (Wildman–Crippen LogP) is 0.324. The van der Waals surface area contributed by atoms with Gasteiger partial charge in [0.15, 0.2) is 0 Å². The van der Waals surface area contributed by atoms with Crippen molar-refractivity contribution in [1.82, 2.24) is 10.2 Å². The van der Waals surface area contributed by atoms with Gasteiger partial charge in [-0.05, 0) is 33.2 Å². The summed E-state index contributed by atoms with van der Waals surface area (Å²) in [6.07, 6.45) is 1.48. The summed E-state index contributed by atoms with van der Waals surface area (Å²) in [7, 11) is 1.59. The van der Waals surface area contributed by atoms with Crippen LogP contribution >= 0.6 is 0 Å². The Kier molecular flexibility index (Phi) is 5.75. The van der Waals surface area contributed by atoms with Crippen molar-refractivity contribution in [3.8, 4) is 0 Å². The molecule has 1 fully saturated rings. The molecule has 1 rings (SSSR count). The summed E-state index contributed by atoms with van der Waals surface area (Å²) in [5.41, 5.74) is -0.739. The number of nitrogens with one attached hydrogen (secondary N) is 1. The van der Waals surface area contributed by atoms with Gasteiger partial charge < -0.3 is 15.2 Å². The minimum Gasteiger partial charge on any atom is -0.481 e. The van der Waals surface area contributed by atoms with Crippen molar-refractivity contribution in [2.75, 3.05) is 33.4 Å². The molecule has 2 unspecified atom stereocenters. The van der Waals surface area contributed by atoms with Gasteiger partial charge in [0.25, 0.3) is 0 Å². The van der Waals surface area contributed by atoms with Gasteiger partial charge in [-0.3, -0.25) is 14.5 Å². The SMILES string of the molecule is COCC(C)NC(=O)CN1CCCC(C)(C(=O)O)C1. The molecule has 0 aromatic heterocycles. The average molecular weight is 272 g/mol. The van der Waals surface area contributed by atoms with E-state index in [1.54, 1.807) is 14.0 Å². The van der Waals surface area contributed by atoms with Crippen molar-refractivity contribution < 1.29 is 19.4 Å². The van der Waals surface area contributed by atoms with Gasteiger partial charge in [0.05, 0.1) is 18.6 Å². The first-order valence-corrected chi connectivity index (χ1v) is 6.61. The van der Waals surface area contributed by atoms with Crippen LogP contribution < -0.4 is 5.32 Å². The molecular formula is C13H24N2O4. The van der Waals surface area contributed by atoms with Crippen LogP contribution in [0.3, 0.4) is 0 Å². The fraction of sp³-hybridized carbons (Fsp3) is 0.846. The summed E-state index contributed by atoms with van der Waals surface area (Å²) in [5.74, 6) is -0.871. The third-order valence-corrected chi connectivity index (χ3v) is 3.48. The minimum atomic E-state index is -0.787. The van der Waals surface area contributed by atoms with E-state index in [1.165, 1.54) is 0 Å². The summed E-state index contributed by atoms with van der Waals surface area (Å²) >= 11 is 0. The van der Waals surface area contributed by atoms with Gasteiger partial charge in [-0.15, -0.1) is 0 Å². The Morgan fingerprint density at radius 1 is 1.53 bits per heavy atom. The molecule has 0 saturated carbocycles. The number of hydrogen-bond donors (Lipinski definition) is 2. The molecule has 1 saturated heterocycles. The van der Waals surface area contributed by atoms with Crippen LogP contribution in [0.2, 0.25) is 0 Å². The van der Waals surface area contributed by atoms with Crippen molar-refractivity contribution in [3.63, 3.8) is 0 Å². The second-order valence-electron chi connectivity index (χ2n) is 5.60. The van der Waals surface area contributed by atoms with Crippen LogP contribution in [-0.2, 0) is 14.3 Å². The number of amides is 1. The fourth-order valence-corrected chi connectivity index (χ4v) is 2.47. The molecule has 6 heteroatoms. The number of methoxy groups -OCH3 is 1. The first-order chi connectivity index (χ1) is 8.87. The Labute approximate surface area is 114 Å². The molecule has 0 aliphatic carbocycles. The van der Waals surface area contributed by atoms with Crippen LogP contribution in [0.15, 0.2) is 0 Å². The van der Waals surface area contributed by atoms with Crippen molar-refractivity contribution >= 4 is 11.9 Å². The second-order valence-corrected chi connectivity index (χ2v) is 5.60. The lowest BCUT2D eigenvalue weighted by Crippen LogP contribution is -2.50. The summed E-state index contributed by atoms with van der Waals surface area (Å²) in [6, 6.07) is -0.0341. The Bertz CT molecular complexity index is 335. The molecule has 0 aromatic rings. The van der Waals surface area contributed by atoms with Crippen LogP contribution in [0, 0.1) is 5.41 Å². The highest BCUT2D eigenvalue weighted by molar-refractivity contribution is 5.79. The number of carbonyl (C=O) groups excluding carboxylic acids is 1. The molecule has 19 heavy (non-hydrogen) atoms. The molecule has 0 bridgehead atoms. The number of hydrogen-bond acceptors (Lipinski definition) is 4. The topological polar surface area (TPSA) is 78.9 Å². The highest BCUT2D eigenvalue weighted by Gasteiger charge is 2.38. The number of carboxylic acid groups (broad SMARTS) is 1. The number of rotatable bonds is 6. The molecule has 1 amide bonds. The standard InChI is InChI=1S/C13H24N2O4/c1-10(8-19-3)14-11(16)7-15-6-4-5-13(2,9-15)12(17)18/h10H,4-9H2,1-3H3,(H,14,16)(H,17,18). The summed E-state index contributed by atoms with van der Waals surface area (Å²) in [6.45, 7) is 5.53. The van der Waals surface area contributed by atoms with E-state index in [9.17, 15) is 14.7 Å². The fourth-order valence-electron chi connectivity index (χ4n) is 2.47. The number of nitrogens with zero attached hydrogens (tertiary/aromatic N) is 1. The smallest absolute Gasteiger partial charge is 0.310 e. The number of carboxylic acids is 1. The lowest BCUT2D eigenvalue weighted by molar-refractivity contribution is -0.151. The molecule has 0 aromatic carbocycles. The molecule has 110 valence electrons. The molecule has 0 radical (unpaired) electrons. The van der Waals surface area contributed by atoms with E-state index in [-0.39, 0.29) is 18.5 Å². The molecule has 0 spiro atoms. The maximum Gasteiger partial charge on any atom is 0.310 e. The van der Waals surface area contributed by atoms with E-state index in [2.05, 4.69) is 5.32 Å². The van der Waals surface area contributed by atoms with Crippen molar-refractivity contribution in [2.24, 2.45) is 5.41 Å². The lowest BCUT2D eigenvalue weighted by atomic mass is 9.82. The highest BCUT2D eigenvalue weighted by atomic mass is 16.5. The normalized spacial score (nSPS) is 25.8. The zero-order valence-corrected chi connectivity index (χ0v) is 11.9. The van der Waals surface area contributed by atoms with Crippen LogP contribution in [0.4, 0.5) is 0 Å². The van der Waals surface area contributed by atoms with Crippen molar-refractivity contribution in [2.45, 2.75) is 32.7 Å². The summed E-state index contributed by atoms with van der Waals surface area (Å²) in [4.78, 5) is 25.0. The minimum absolute atomic E-state index is 0.0341. The maximum atomic E-state index is 11.8. The van der Waals surface area contributed by atoms with Gasteiger partial charge in [-0.25, -0.2) is 0 Å². The third-order valence-electron chi connectivity index (χ3n) is 3.48. The predicted molar refractivity (Wildman–Crippen MR) is 70.9 cm³/mol. The van der Waals surface area contributed by atoms with E-state index in [4.69, 9.17) is 4.74 Å². The summed E-state index contributed by atoms with van der Waals surface area (Å²) in [5, 5.41) is 12.1. The Morgan fingerprint density at radius 3 is 2.79 bits per heavy atom. The van der Waals surface area contributed by atoms with Crippen molar-refractivity contribution in [1.29, 1.82) is 0 Å². The van der Waals surface area contributed by atoms with E-state index < -0.39 is 11.4 Å². The van der Waals surface area contributed by atoms with Crippen molar-refractivity contribution in [3.05, 3.63) is 0 Å². The number of ether oxygens (including phenoxy) is 1. The Balaban J connectivity index is 2.44. The van der Waals surface area contributed by atoms with E-state index in [0.717, 1.165) is 13.0 Å². The number of carbonyl (C=O) groups is 2. The van der Waals surface area contributed by atoms with Gasteiger partial charge in [-0.1, -0.05) is 0 Å². The lowest BCUT2D eigenvalue weighted by Gasteiger charge is -2.37. The largest absolute Gasteiger partial charge is 0.481 e. The maximum absolute atomic E-state index is 11.8. The summed E-state index contributed by atoms with van der Waals surface area (Å²) < 4.78 is 4.95. The van der Waals surface area contributed by atoms with Gasteiger partial charge in [0, 0.05) is 19.7 Å². The first-order valence-electron chi connectivity index (χ1n) is 6.61. The Morgan fingerprint density at radius 2 is 2.21 bits per heavy atom. The van der Waals surface area contributed by atoms with Crippen LogP contribution in [0.25, 0.3) is 0 Å². The van der Waals surface area contributed by atoms with Gasteiger partial charge in [-0.2, -0.15) is 0 Å². The van der Waals surface area contributed by atoms with Gasteiger partial charge >= 0.3 is 5.97 Å². The Hall–Kier alpha value is -1.14. The highest BCUT2D eigenvalue weighted by Crippen LogP contribution is 2.29.